The van der Waals surface area contributed by atoms with E-state index in [1.807, 2.05) is 0 Å². The Morgan fingerprint density at radius 1 is 1.53 bits per heavy atom. The standard InChI is InChI=1S/C8H7BFNO6/c1-17-8(12)7-5(10)2-4(9(13)14)3-6(7)11(15)16/h2-3,13-14H,1H3. The first-order valence-electron chi connectivity index (χ1n) is 4.30. The molecule has 1 aromatic rings. The average Bonchev–Trinajstić information content (AvgIpc) is 2.26. The second-order valence-corrected chi connectivity index (χ2v) is 3.02. The molecule has 0 amide bonds. The maximum absolute atomic E-state index is 13.4. The largest absolute Gasteiger partial charge is 0.488 e. The minimum absolute atomic E-state index is 0.429. The number of hydrogen-bond donors (Lipinski definition) is 2. The summed E-state index contributed by atoms with van der Waals surface area (Å²) in [5, 5.41) is 28.2. The lowest BCUT2D eigenvalue weighted by Gasteiger charge is -2.05. The van der Waals surface area contributed by atoms with Crippen LogP contribution >= 0.6 is 0 Å². The van der Waals surface area contributed by atoms with Gasteiger partial charge < -0.3 is 14.8 Å². The lowest BCUT2D eigenvalue weighted by molar-refractivity contribution is -0.385. The van der Waals surface area contributed by atoms with Gasteiger partial charge in [0.1, 0.15) is 5.82 Å². The van der Waals surface area contributed by atoms with Crippen molar-refractivity contribution in [1.82, 2.24) is 0 Å². The number of esters is 1. The van der Waals surface area contributed by atoms with Gasteiger partial charge >= 0.3 is 13.1 Å². The van der Waals surface area contributed by atoms with Crippen LogP contribution in [0.5, 0.6) is 0 Å². The van der Waals surface area contributed by atoms with E-state index in [2.05, 4.69) is 4.74 Å². The Morgan fingerprint density at radius 3 is 2.53 bits per heavy atom. The van der Waals surface area contributed by atoms with Gasteiger partial charge in [0, 0.05) is 6.07 Å². The lowest BCUT2D eigenvalue weighted by atomic mass is 9.79. The molecule has 0 bridgehead atoms. The molecule has 0 aliphatic carbocycles. The van der Waals surface area contributed by atoms with Gasteiger partial charge in [-0.1, -0.05) is 0 Å². The SMILES string of the molecule is COC(=O)c1c(F)cc(B(O)O)cc1[N+](=O)[O-]. The fourth-order valence-electron chi connectivity index (χ4n) is 1.21. The molecule has 1 rings (SSSR count). The van der Waals surface area contributed by atoms with Crippen molar-refractivity contribution in [3.05, 3.63) is 33.6 Å². The van der Waals surface area contributed by atoms with Gasteiger partial charge in [-0.3, -0.25) is 10.1 Å². The Balaban J connectivity index is 3.49. The summed E-state index contributed by atoms with van der Waals surface area (Å²) >= 11 is 0. The number of hydrogen-bond acceptors (Lipinski definition) is 6. The van der Waals surface area contributed by atoms with Gasteiger partial charge in [0.15, 0.2) is 5.56 Å². The second kappa shape index (κ2) is 4.89. The molecule has 0 fully saturated rings. The first-order chi connectivity index (χ1) is 7.88. The van der Waals surface area contributed by atoms with Gasteiger partial charge in [0.2, 0.25) is 0 Å². The quantitative estimate of drug-likeness (QED) is 0.311. The Labute approximate surface area is 94.7 Å². The molecule has 0 unspecified atom stereocenters. The zero-order valence-electron chi connectivity index (χ0n) is 8.58. The number of rotatable bonds is 3. The summed E-state index contributed by atoms with van der Waals surface area (Å²) in [6.45, 7) is 0. The second-order valence-electron chi connectivity index (χ2n) is 3.02. The van der Waals surface area contributed by atoms with E-state index in [-0.39, 0.29) is 0 Å². The van der Waals surface area contributed by atoms with Gasteiger partial charge in [0.25, 0.3) is 5.69 Å². The van der Waals surface area contributed by atoms with Gasteiger partial charge in [0.05, 0.1) is 12.0 Å². The molecule has 0 spiro atoms. The van der Waals surface area contributed by atoms with Crippen molar-refractivity contribution in [2.45, 2.75) is 0 Å². The first kappa shape index (κ1) is 13.1. The Morgan fingerprint density at radius 2 is 2.12 bits per heavy atom. The molecule has 9 heteroatoms. The molecule has 17 heavy (non-hydrogen) atoms. The lowest BCUT2D eigenvalue weighted by Crippen LogP contribution is -2.31. The third-order valence-electron chi connectivity index (χ3n) is 1.98. The minimum atomic E-state index is -2.07. The molecule has 0 aliphatic rings. The van der Waals surface area contributed by atoms with Crippen molar-refractivity contribution in [1.29, 1.82) is 0 Å². The molecular weight excluding hydrogens is 236 g/mol. The van der Waals surface area contributed by atoms with Crippen LogP contribution in [-0.4, -0.2) is 35.2 Å². The van der Waals surface area contributed by atoms with Crippen LogP contribution in [0, 0.1) is 15.9 Å². The van der Waals surface area contributed by atoms with Crippen LogP contribution in [0.2, 0.25) is 0 Å². The number of nitro groups is 1. The van der Waals surface area contributed by atoms with Gasteiger partial charge in [-0.05, 0) is 11.5 Å². The van der Waals surface area contributed by atoms with Gasteiger partial charge in [-0.2, -0.15) is 0 Å². The van der Waals surface area contributed by atoms with E-state index in [0.717, 1.165) is 7.11 Å². The summed E-state index contributed by atoms with van der Waals surface area (Å²) in [5.74, 6) is -2.47. The summed E-state index contributed by atoms with van der Waals surface area (Å²) in [4.78, 5) is 20.8. The van der Waals surface area contributed by atoms with E-state index in [9.17, 15) is 19.3 Å². The number of carbonyl (C=O) groups is 1. The molecule has 0 atom stereocenters. The van der Waals surface area contributed by atoms with Crippen LogP contribution in [0.15, 0.2) is 12.1 Å². The van der Waals surface area contributed by atoms with Crippen molar-refractivity contribution in [2.24, 2.45) is 0 Å². The van der Waals surface area contributed by atoms with Crippen LogP contribution in [-0.2, 0) is 4.74 Å². The maximum atomic E-state index is 13.4. The summed E-state index contributed by atoms with van der Waals surface area (Å²) in [5.41, 5.74) is -2.18. The zero-order chi connectivity index (χ0) is 13.2. The highest BCUT2D eigenvalue weighted by molar-refractivity contribution is 6.58. The number of benzene rings is 1. The fourth-order valence-corrected chi connectivity index (χ4v) is 1.21. The van der Waals surface area contributed by atoms with Crippen molar-refractivity contribution in [3.8, 4) is 0 Å². The molecule has 90 valence electrons. The molecule has 1 aromatic carbocycles. The number of carbonyl (C=O) groups excluding carboxylic acids is 1. The average molecular weight is 243 g/mol. The van der Waals surface area contributed by atoms with Crippen molar-refractivity contribution in [3.63, 3.8) is 0 Å². The normalized spacial score (nSPS) is 9.88. The predicted octanol–water partition coefficient (Wildman–Crippen LogP) is -0.800. The number of methoxy groups -OCH3 is 1. The monoisotopic (exact) mass is 243 g/mol. The van der Waals surface area contributed by atoms with E-state index in [1.165, 1.54) is 0 Å². The zero-order valence-corrected chi connectivity index (χ0v) is 8.58. The summed E-state index contributed by atoms with van der Waals surface area (Å²) in [6.07, 6.45) is 0. The van der Waals surface area contributed by atoms with Gasteiger partial charge in [-0.15, -0.1) is 0 Å². The number of nitro benzene ring substituents is 1. The van der Waals surface area contributed by atoms with E-state index < -0.39 is 40.5 Å². The Bertz CT molecular complexity index is 477. The fraction of sp³-hybridized carbons (Fsp3) is 0.125. The van der Waals surface area contributed by atoms with Crippen LogP contribution < -0.4 is 5.46 Å². The number of nitrogens with zero attached hydrogens (tertiary/aromatic N) is 1. The van der Waals surface area contributed by atoms with Crippen molar-refractivity contribution in [2.75, 3.05) is 7.11 Å². The molecule has 7 nitrogen and oxygen atoms in total. The number of halogens is 1. The molecule has 0 aliphatic heterocycles. The highest BCUT2D eigenvalue weighted by atomic mass is 19.1. The number of ether oxygens (including phenoxy) is 1. The Kier molecular flexibility index (Phi) is 3.76. The molecule has 0 heterocycles. The predicted molar refractivity (Wildman–Crippen MR) is 54.2 cm³/mol. The van der Waals surface area contributed by atoms with Crippen LogP contribution in [0.25, 0.3) is 0 Å². The summed E-state index contributed by atoms with van der Waals surface area (Å²) < 4.78 is 17.6. The Hall–Kier alpha value is -2.00. The van der Waals surface area contributed by atoms with E-state index in [0.29, 0.717) is 12.1 Å². The minimum Gasteiger partial charge on any atom is -0.465 e. The first-order valence-corrected chi connectivity index (χ1v) is 4.30. The van der Waals surface area contributed by atoms with E-state index >= 15 is 0 Å². The van der Waals surface area contributed by atoms with Crippen LogP contribution in [0.4, 0.5) is 10.1 Å². The summed E-state index contributed by atoms with van der Waals surface area (Å²) in [6, 6.07) is 1.31. The van der Waals surface area contributed by atoms with E-state index in [4.69, 9.17) is 10.0 Å². The topological polar surface area (TPSA) is 110 Å². The highest BCUT2D eigenvalue weighted by Gasteiger charge is 2.29. The molecule has 0 saturated heterocycles. The molecule has 2 N–H and O–H groups in total. The molecule has 0 saturated carbocycles. The third kappa shape index (κ3) is 2.57. The van der Waals surface area contributed by atoms with Crippen molar-refractivity contribution < 1.29 is 28.9 Å². The van der Waals surface area contributed by atoms with E-state index in [1.54, 1.807) is 0 Å². The highest BCUT2D eigenvalue weighted by Crippen LogP contribution is 2.21. The molecule has 0 aromatic heterocycles. The molecular formula is C8H7BFNO6. The third-order valence-corrected chi connectivity index (χ3v) is 1.98. The van der Waals surface area contributed by atoms with Crippen LogP contribution in [0.3, 0.4) is 0 Å². The van der Waals surface area contributed by atoms with Gasteiger partial charge in [-0.25, -0.2) is 9.18 Å². The van der Waals surface area contributed by atoms with Crippen LogP contribution in [0.1, 0.15) is 10.4 Å². The summed E-state index contributed by atoms with van der Waals surface area (Å²) in [7, 11) is -1.13. The smallest absolute Gasteiger partial charge is 0.465 e. The van der Waals surface area contributed by atoms with Crippen molar-refractivity contribution >= 4 is 24.2 Å². The molecule has 0 radical (unpaired) electrons. The maximum Gasteiger partial charge on any atom is 0.488 e.